The van der Waals surface area contributed by atoms with Crippen LogP contribution in [0.4, 0.5) is 0 Å². The van der Waals surface area contributed by atoms with Gasteiger partial charge in [0.15, 0.2) is 5.78 Å². The van der Waals surface area contributed by atoms with Crippen molar-refractivity contribution in [3.05, 3.63) is 69.7 Å². The minimum atomic E-state index is -0.399. The van der Waals surface area contributed by atoms with Gasteiger partial charge in [-0.3, -0.25) is 4.79 Å². The van der Waals surface area contributed by atoms with E-state index in [2.05, 4.69) is 9.97 Å². The van der Waals surface area contributed by atoms with Crippen LogP contribution in [0.1, 0.15) is 31.3 Å². The fraction of sp³-hybridized carbons (Fsp3) is 0.130. The SMILES string of the molecule is COC(=O)c1sc2ncc(C(=O)/C=C/c3csc(-c4cccc(OC)c4)n3)cc2c1C. The maximum absolute atomic E-state index is 12.7. The molecule has 4 aromatic rings. The van der Waals surface area contributed by atoms with Gasteiger partial charge in [0.2, 0.25) is 0 Å². The van der Waals surface area contributed by atoms with Crippen molar-refractivity contribution in [3.8, 4) is 16.3 Å². The Kier molecular flexibility index (Phi) is 5.92. The topological polar surface area (TPSA) is 78.4 Å². The molecule has 6 nitrogen and oxygen atoms in total. The van der Waals surface area contributed by atoms with Gasteiger partial charge in [0.25, 0.3) is 0 Å². The number of benzene rings is 1. The number of methoxy groups -OCH3 is 2. The summed E-state index contributed by atoms with van der Waals surface area (Å²) >= 11 is 2.75. The zero-order valence-corrected chi connectivity index (χ0v) is 18.7. The van der Waals surface area contributed by atoms with E-state index in [1.54, 1.807) is 19.3 Å². The van der Waals surface area contributed by atoms with E-state index in [4.69, 9.17) is 9.47 Å². The second-order valence-corrected chi connectivity index (χ2v) is 8.49. The van der Waals surface area contributed by atoms with Gasteiger partial charge in [-0.1, -0.05) is 12.1 Å². The third-order valence-corrected chi connectivity index (χ3v) is 6.80. The minimum Gasteiger partial charge on any atom is -0.497 e. The molecule has 0 radical (unpaired) electrons. The number of esters is 1. The highest BCUT2D eigenvalue weighted by Crippen LogP contribution is 2.31. The summed E-state index contributed by atoms with van der Waals surface area (Å²) in [5.74, 6) is 0.182. The van der Waals surface area contributed by atoms with Crippen molar-refractivity contribution in [2.75, 3.05) is 14.2 Å². The number of carbonyl (C=O) groups is 2. The number of ether oxygens (including phenoxy) is 2. The molecule has 3 heterocycles. The molecule has 8 heteroatoms. The first kappa shape index (κ1) is 20.9. The van der Waals surface area contributed by atoms with Gasteiger partial charge >= 0.3 is 5.97 Å². The lowest BCUT2D eigenvalue weighted by Gasteiger charge is -2.00. The van der Waals surface area contributed by atoms with Crippen LogP contribution < -0.4 is 4.74 Å². The molecule has 1 aromatic carbocycles. The number of thiazole rings is 1. The molecule has 4 rings (SSSR count). The zero-order valence-electron chi connectivity index (χ0n) is 17.0. The number of thiophene rings is 1. The molecule has 0 spiro atoms. The highest BCUT2D eigenvalue weighted by atomic mass is 32.1. The molecule has 0 bridgehead atoms. The monoisotopic (exact) mass is 450 g/mol. The van der Waals surface area contributed by atoms with Crippen LogP contribution in [0.3, 0.4) is 0 Å². The lowest BCUT2D eigenvalue weighted by atomic mass is 10.1. The van der Waals surface area contributed by atoms with Gasteiger partial charge in [0.1, 0.15) is 20.5 Å². The molecule has 0 aliphatic carbocycles. The van der Waals surface area contributed by atoms with Crippen molar-refractivity contribution in [2.24, 2.45) is 0 Å². The molecule has 156 valence electrons. The lowest BCUT2D eigenvalue weighted by Crippen LogP contribution is -1.99. The van der Waals surface area contributed by atoms with Crippen molar-refractivity contribution in [1.82, 2.24) is 9.97 Å². The number of hydrogen-bond acceptors (Lipinski definition) is 8. The number of fused-ring (bicyclic) bond motifs is 1. The molecule has 0 unspecified atom stereocenters. The first-order chi connectivity index (χ1) is 15.0. The van der Waals surface area contributed by atoms with Gasteiger partial charge in [-0.25, -0.2) is 14.8 Å². The normalized spacial score (nSPS) is 11.2. The molecule has 0 saturated carbocycles. The lowest BCUT2D eigenvalue weighted by molar-refractivity contribution is 0.0605. The zero-order chi connectivity index (χ0) is 22.0. The third kappa shape index (κ3) is 4.26. The van der Waals surface area contributed by atoms with Gasteiger partial charge in [0, 0.05) is 28.1 Å². The highest BCUT2D eigenvalue weighted by Gasteiger charge is 2.17. The number of aromatic nitrogens is 2. The van der Waals surface area contributed by atoms with Gasteiger partial charge in [0.05, 0.1) is 19.9 Å². The van der Waals surface area contributed by atoms with Gasteiger partial charge in [-0.2, -0.15) is 0 Å². The fourth-order valence-electron chi connectivity index (χ4n) is 3.03. The van der Waals surface area contributed by atoms with E-state index in [-0.39, 0.29) is 5.78 Å². The Morgan fingerprint density at radius 1 is 1.16 bits per heavy atom. The van der Waals surface area contributed by atoms with Crippen LogP contribution >= 0.6 is 22.7 Å². The Labute approximate surface area is 186 Å². The molecule has 0 amide bonds. The Morgan fingerprint density at radius 2 is 2.00 bits per heavy atom. The molecule has 0 aliphatic rings. The van der Waals surface area contributed by atoms with E-state index in [9.17, 15) is 9.59 Å². The van der Waals surface area contributed by atoms with Crippen LogP contribution in [-0.4, -0.2) is 35.9 Å². The van der Waals surface area contributed by atoms with Crippen LogP contribution in [-0.2, 0) is 4.74 Å². The van der Waals surface area contributed by atoms with Gasteiger partial charge in [-0.05, 0) is 42.8 Å². The first-order valence-corrected chi connectivity index (χ1v) is 11.0. The maximum atomic E-state index is 12.7. The number of hydrogen-bond donors (Lipinski definition) is 0. The summed E-state index contributed by atoms with van der Waals surface area (Å²) in [7, 11) is 2.97. The number of nitrogens with zero attached hydrogens (tertiary/aromatic N) is 2. The van der Waals surface area contributed by atoms with Crippen molar-refractivity contribution in [2.45, 2.75) is 6.92 Å². The predicted molar refractivity (Wildman–Crippen MR) is 123 cm³/mol. The van der Waals surface area contributed by atoms with E-state index in [0.717, 1.165) is 27.3 Å². The summed E-state index contributed by atoms with van der Waals surface area (Å²) in [6, 6.07) is 9.44. The minimum absolute atomic E-state index is 0.185. The van der Waals surface area contributed by atoms with Crippen LogP contribution in [0.25, 0.3) is 26.9 Å². The molecule has 31 heavy (non-hydrogen) atoms. The average molecular weight is 451 g/mol. The molecule has 3 aromatic heterocycles. The van der Waals surface area contributed by atoms with Crippen molar-refractivity contribution in [3.63, 3.8) is 0 Å². The number of ketones is 1. The average Bonchev–Trinajstić information content (AvgIpc) is 3.41. The van der Waals surface area contributed by atoms with Crippen LogP contribution in [0.5, 0.6) is 5.75 Å². The number of pyridine rings is 1. The molecule has 0 N–H and O–H groups in total. The number of aryl methyl sites for hydroxylation is 1. The second-order valence-electron chi connectivity index (χ2n) is 6.63. The number of rotatable bonds is 6. The smallest absolute Gasteiger partial charge is 0.348 e. The van der Waals surface area contributed by atoms with Crippen molar-refractivity contribution < 1.29 is 19.1 Å². The summed E-state index contributed by atoms with van der Waals surface area (Å²) in [4.78, 5) is 34.7. The molecule has 0 fully saturated rings. The quantitative estimate of drug-likeness (QED) is 0.222. The van der Waals surface area contributed by atoms with Gasteiger partial charge < -0.3 is 9.47 Å². The maximum Gasteiger partial charge on any atom is 0.348 e. The largest absolute Gasteiger partial charge is 0.497 e. The Bertz CT molecular complexity index is 1320. The first-order valence-electron chi connectivity index (χ1n) is 9.30. The third-order valence-electron chi connectivity index (χ3n) is 4.69. The van der Waals surface area contributed by atoms with E-state index in [1.165, 1.54) is 42.1 Å². The second kappa shape index (κ2) is 8.79. The van der Waals surface area contributed by atoms with Crippen molar-refractivity contribution in [1.29, 1.82) is 0 Å². The number of allylic oxidation sites excluding steroid dienone is 1. The predicted octanol–water partition coefficient (Wildman–Crippen LogP) is 5.42. The van der Waals surface area contributed by atoms with Crippen molar-refractivity contribution >= 4 is 50.7 Å². The van der Waals surface area contributed by atoms with Crippen LogP contribution in [0.15, 0.2) is 48.0 Å². The Hall–Kier alpha value is -3.36. The Balaban J connectivity index is 1.55. The van der Waals surface area contributed by atoms with E-state index in [0.29, 0.717) is 21.0 Å². The molecule has 0 saturated heterocycles. The van der Waals surface area contributed by atoms with E-state index < -0.39 is 5.97 Å². The summed E-state index contributed by atoms with van der Waals surface area (Å²) < 4.78 is 10.1. The van der Waals surface area contributed by atoms with Crippen LogP contribution in [0.2, 0.25) is 0 Å². The summed E-state index contributed by atoms with van der Waals surface area (Å²) in [5.41, 5.74) is 2.87. The summed E-state index contributed by atoms with van der Waals surface area (Å²) in [6.45, 7) is 1.83. The van der Waals surface area contributed by atoms with E-state index >= 15 is 0 Å². The standard InChI is InChI=1S/C23H18N2O4S2/c1-13-18-10-15(11-24-22(18)31-20(13)23(27)29-3)19(26)8-7-16-12-30-21(25-16)14-5-4-6-17(9-14)28-2/h4-12H,1-3H3/b8-7+. The molecule has 0 aliphatic heterocycles. The molecular formula is C23H18N2O4S2. The molecular weight excluding hydrogens is 432 g/mol. The van der Waals surface area contributed by atoms with Gasteiger partial charge in [-0.15, -0.1) is 22.7 Å². The van der Waals surface area contributed by atoms with E-state index in [1.807, 2.05) is 36.6 Å². The molecule has 0 atom stereocenters. The Morgan fingerprint density at radius 3 is 2.77 bits per heavy atom. The highest BCUT2D eigenvalue weighted by molar-refractivity contribution is 7.20. The fourth-order valence-corrected chi connectivity index (χ4v) is 4.86. The number of carbonyl (C=O) groups excluding carboxylic acids is 2. The summed E-state index contributed by atoms with van der Waals surface area (Å²) in [5, 5.41) is 3.52. The van der Waals surface area contributed by atoms with Crippen LogP contribution in [0, 0.1) is 6.92 Å². The summed E-state index contributed by atoms with van der Waals surface area (Å²) in [6.07, 6.45) is 4.69.